The van der Waals surface area contributed by atoms with Crippen molar-refractivity contribution in [1.82, 2.24) is 10.6 Å². The van der Waals surface area contributed by atoms with E-state index in [1.54, 1.807) is 26.0 Å². The van der Waals surface area contributed by atoms with Crippen LogP contribution in [-0.4, -0.2) is 24.2 Å². The fraction of sp³-hybridized carbons (Fsp3) is 0.421. The number of nitrogens with one attached hydrogen (secondary N) is 2. The molecule has 2 rings (SSSR count). The van der Waals surface area contributed by atoms with E-state index in [9.17, 15) is 9.50 Å². The van der Waals surface area contributed by atoms with Crippen LogP contribution in [0.15, 0.2) is 39.7 Å². The Morgan fingerprint density at radius 1 is 1.24 bits per heavy atom. The third-order valence-corrected chi connectivity index (χ3v) is 3.87. The first kappa shape index (κ1) is 19.0. The molecule has 0 saturated heterocycles. The van der Waals surface area contributed by atoms with Gasteiger partial charge in [-0.1, -0.05) is 12.1 Å². The number of rotatable bonds is 6. The molecule has 1 heterocycles. The molecule has 6 heteroatoms. The predicted octanol–water partition coefficient (Wildman–Crippen LogP) is 3.00. The minimum absolute atomic E-state index is 0.230. The van der Waals surface area contributed by atoms with Gasteiger partial charge in [0.2, 0.25) is 0 Å². The van der Waals surface area contributed by atoms with E-state index in [0.717, 1.165) is 11.3 Å². The van der Waals surface area contributed by atoms with Gasteiger partial charge in [0.1, 0.15) is 22.9 Å². The van der Waals surface area contributed by atoms with Crippen molar-refractivity contribution in [3.63, 3.8) is 0 Å². The van der Waals surface area contributed by atoms with Crippen LogP contribution in [-0.2, 0) is 12.1 Å². The molecule has 0 fully saturated rings. The third kappa shape index (κ3) is 5.32. The zero-order chi connectivity index (χ0) is 18.4. The Hall–Kier alpha value is -2.34. The minimum Gasteiger partial charge on any atom is -0.463 e. The molecule has 2 aromatic rings. The van der Waals surface area contributed by atoms with Crippen molar-refractivity contribution in [3.05, 3.63) is 58.8 Å². The lowest BCUT2D eigenvalue weighted by molar-refractivity contribution is 0.0378. The highest BCUT2D eigenvalue weighted by Crippen LogP contribution is 2.21. The molecule has 5 nitrogen and oxygen atoms in total. The van der Waals surface area contributed by atoms with Gasteiger partial charge in [-0.05, 0) is 57.0 Å². The number of hydrogen-bond donors (Lipinski definition) is 3. The van der Waals surface area contributed by atoms with Crippen LogP contribution in [0.2, 0.25) is 0 Å². The lowest BCUT2D eigenvalue weighted by Gasteiger charge is -2.22. The van der Waals surface area contributed by atoms with E-state index in [0.29, 0.717) is 30.4 Å². The average molecular weight is 347 g/mol. The summed E-state index contributed by atoms with van der Waals surface area (Å²) in [7, 11) is 0. The molecule has 1 unspecified atom stereocenters. The summed E-state index contributed by atoms with van der Waals surface area (Å²) >= 11 is 0. The molecule has 0 amide bonds. The SMILES string of the molecule is CCNC(=NCc1ccc(C)c(F)c1)NCC(C)(O)c1ccc(C)o1. The highest BCUT2D eigenvalue weighted by Gasteiger charge is 2.27. The van der Waals surface area contributed by atoms with E-state index in [-0.39, 0.29) is 12.4 Å². The quantitative estimate of drug-likeness (QED) is 0.555. The molecule has 0 aliphatic carbocycles. The van der Waals surface area contributed by atoms with E-state index < -0.39 is 5.60 Å². The number of benzene rings is 1. The number of furan rings is 1. The Balaban J connectivity index is 2.03. The number of aryl methyl sites for hydroxylation is 2. The van der Waals surface area contributed by atoms with Crippen LogP contribution in [0.1, 0.15) is 36.5 Å². The lowest BCUT2D eigenvalue weighted by Crippen LogP contribution is -2.44. The van der Waals surface area contributed by atoms with Crippen molar-refractivity contribution in [1.29, 1.82) is 0 Å². The average Bonchev–Trinajstić information content (AvgIpc) is 3.01. The summed E-state index contributed by atoms with van der Waals surface area (Å²) in [4.78, 5) is 4.44. The molecular formula is C19H26FN3O2. The van der Waals surface area contributed by atoms with Gasteiger partial charge in [0.05, 0.1) is 13.1 Å². The van der Waals surface area contributed by atoms with Crippen molar-refractivity contribution in [2.45, 2.75) is 39.8 Å². The molecule has 0 radical (unpaired) electrons. The molecule has 0 saturated carbocycles. The van der Waals surface area contributed by atoms with Crippen LogP contribution in [0.4, 0.5) is 4.39 Å². The van der Waals surface area contributed by atoms with Crippen LogP contribution in [0.5, 0.6) is 0 Å². The van der Waals surface area contributed by atoms with E-state index in [1.165, 1.54) is 6.07 Å². The molecule has 0 spiro atoms. The largest absolute Gasteiger partial charge is 0.463 e. The summed E-state index contributed by atoms with van der Waals surface area (Å²) in [5, 5.41) is 16.8. The summed E-state index contributed by atoms with van der Waals surface area (Å²) in [6.07, 6.45) is 0. The first-order chi connectivity index (χ1) is 11.8. The number of aliphatic hydroxyl groups is 1. The molecule has 1 aromatic heterocycles. The van der Waals surface area contributed by atoms with Crippen LogP contribution in [0.25, 0.3) is 0 Å². The van der Waals surface area contributed by atoms with Gasteiger partial charge in [0, 0.05) is 6.54 Å². The summed E-state index contributed by atoms with van der Waals surface area (Å²) < 4.78 is 19.1. The Bertz CT molecular complexity index is 738. The Morgan fingerprint density at radius 2 is 2.00 bits per heavy atom. The monoisotopic (exact) mass is 347 g/mol. The zero-order valence-corrected chi connectivity index (χ0v) is 15.2. The second-order valence-electron chi connectivity index (χ2n) is 6.32. The second-order valence-corrected chi connectivity index (χ2v) is 6.32. The summed E-state index contributed by atoms with van der Waals surface area (Å²) in [5.74, 6) is 1.56. The normalized spacial score (nSPS) is 14.2. The maximum Gasteiger partial charge on any atom is 0.191 e. The fourth-order valence-corrected chi connectivity index (χ4v) is 2.31. The highest BCUT2D eigenvalue weighted by atomic mass is 19.1. The molecular weight excluding hydrogens is 321 g/mol. The highest BCUT2D eigenvalue weighted by molar-refractivity contribution is 5.79. The van der Waals surface area contributed by atoms with Gasteiger partial charge in [-0.2, -0.15) is 0 Å². The summed E-state index contributed by atoms with van der Waals surface area (Å²) in [5.41, 5.74) is 0.233. The summed E-state index contributed by atoms with van der Waals surface area (Å²) in [6, 6.07) is 8.66. The summed E-state index contributed by atoms with van der Waals surface area (Å²) in [6.45, 7) is 8.44. The number of halogens is 1. The van der Waals surface area contributed by atoms with Crippen LogP contribution in [0, 0.1) is 19.7 Å². The number of hydrogen-bond acceptors (Lipinski definition) is 3. The van der Waals surface area contributed by atoms with E-state index in [1.807, 2.05) is 26.0 Å². The molecule has 136 valence electrons. The standard InChI is InChI=1S/C19H26FN3O2/c1-5-21-18(22-11-15-8-6-13(2)16(20)10-15)23-12-19(4,24)17-9-7-14(3)25-17/h6-10,24H,5,11-12H2,1-4H3,(H2,21,22,23). The maximum atomic E-state index is 13.6. The van der Waals surface area contributed by atoms with Crippen LogP contribution >= 0.6 is 0 Å². The first-order valence-electron chi connectivity index (χ1n) is 8.38. The molecule has 3 N–H and O–H groups in total. The van der Waals surface area contributed by atoms with E-state index in [2.05, 4.69) is 15.6 Å². The van der Waals surface area contributed by atoms with Crippen LogP contribution in [0.3, 0.4) is 0 Å². The molecule has 25 heavy (non-hydrogen) atoms. The van der Waals surface area contributed by atoms with Crippen molar-refractivity contribution >= 4 is 5.96 Å². The Morgan fingerprint density at radius 3 is 2.60 bits per heavy atom. The minimum atomic E-state index is -1.17. The third-order valence-electron chi connectivity index (χ3n) is 3.87. The number of nitrogens with zero attached hydrogens (tertiary/aromatic N) is 1. The molecule has 1 aromatic carbocycles. The Labute approximate surface area is 148 Å². The van der Waals surface area contributed by atoms with Gasteiger partial charge in [0.15, 0.2) is 5.96 Å². The second kappa shape index (κ2) is 8.16. The number of aliphatic imine (C=N–C) groups is 1. The maximum absolute atomic E-state index is 13.6. The van der Waals surface area contributed by atoms with Crippen LogP contribution < -0.4 is 10.6 Å². The van der Waals surface area contributed by atoms with Gasteiger partial charge in [0.25, 0.3) is 0 Å². The zero-order valence-electron chi connectivity index (χ0n) is 15.2. The fourth-order valence-electron chi connectivity index (χ4n) is 2.31. The smallest absolute Gasteiger partial charge is 0.191 e. The first-order valence-corrected chi connectivity index (χ1v) is 8.38. The molecule has 0 aliphatic heterocycles. The van der Waals surface area contributed by atoms with Gasteiger partial charge in [-0.3, -0.25) is 0 Å². The van der Waals surface area contributed by atoms with E-state index >= 15 is 0 Å². The van der Waals surface area contributed by atoms with Crippen molar-refractivity contribution in [2.24, 2.45) is 4.99 Å². The van der Waals surface area contributed by atoms with Gasteiger partial charge < -0.3 is 20.2 Å². The number of guanidine groups is 1. The van der Waals surface area contributed by atoms with Crippen molar-refractivity contribution < 1.29 is 13.9 Å². The predicted molar refractivity (Wildman–Crippen MR) is 97.0 cm³/mol. The van der Waals surface area contributed by atoms with Crippen molar-refractivity contribution in [3.8, 4) is 0 Å². The molecule has 0 bridgehead atoms. The molecule has 1 atom stereocenters. The van der Waals surface area contributed by atoms with E-state index in [4.69, 9.17) is 4.42 Å². The van der Waals surface area contributed by atoms with Gasteiger partial charge in [-0.25, -0.2) is 9.38 Å². The Kier molecular flexibility index (Phi) is 6.20. The van der Waals surface area contributed by atoms with Gasteiger partial charge >= 0.3 is 0 Å². The van der Waals surface area contributed by atoms with Crippen molar-refractivity contribution in [2.75, 3.05) is 13.1 Å². The topological polar surface area (TPSA) is 69.8 Å². The lowest BCUT2D eigenvalue weighted by atomic mass is 10.0. The molecule has 0 aliphatic rings. The van der Waals surface area contributed by atoms with Gasteiger partial charge in [-0.15, -0.1) is 0 Å².